The Morgan fingerprint density at radius 3 is 2.94 bits per heavy atom. The van der Waals surface area contributed by atoms with Crippen molar-refractivity contribution in [1.29, 1.82) is 0 Å². The summed E-state index contributed by atoms with van der Waals surface area (Å²) in [5.41, 5.74) is 1.16. The van der Waals surface area contributed by atoms with E-state index < -0.39 is 0 Å². The SMILES string of the molecule is C=CC1CC(=O)N(c2cc(C)c[nH]c2=O)C1. The van der Waals surface area contributed by atoms with Gasteiger partial charge in [0.2, 0.25) is 5.91 Å². The summed E-state index contributed by atoms with van der Waals surface area (Å²) in [6, 6.07) is 1.74. The number of nitrogens with zero attached hydrogens (tertiary/aromatic N) is 1. The van der Waals surface area contributed by atoms with Gasteiger partial charge in [0, 0.05) is 25.1 Å². The van der Waals surface area contributed by atoms with Gasteiger partial charge in [-0.2, -0.15) is 0 Å². The largest absolute Gasteiger partial charge is 0.327 e. The molecule has 1 aromatic rings. The Kier molecular flexibility index (Phi) is 2.64. The maximum Gasteiger partial charge on any atom is 0.271 e. The van der Waals surface area contributed by atoms with Gasteiger partial charge in [-0.3, -0.25) is 9.59 Å². The molecule has 16 heavy (non-hydrogen) atoms. The van der Waals surface area contributed by atoms with E-state index in [1.807, 2.05) is 6.92 Å². The molecule has 0 saturated carbocycles. The number of carbonyl (C=O) groups is 1. The summed E-state index contributed by atoms with van der Waals surface area (Å²) in [7, 11) is 0. The first kappa shape index (κ1) is 10.7. The third-order valence-corrected chi connectivity index (χ3v) is 2.81. The van der Waals surface area contributed by atoms with Gasteiger partial charge in [-0.1, -0.05) is 6.08 Å². The zero-order valence-corrected chi connectivity index (χ0v) is 9.19. The lowest BCUT2D eigenvalue weighted by molar-refractivity contribution is -0.117. The minimum Gasteiger partial charge on any atom is -0.327 e. The highest BCUT2D eigenvalue weighted by atomic mass is 16.2. The molecule has 0 aromatic carbocycles. The van der Waals surface area contributed by atoms with Gasteiger partial charge in [0.1, 0.15) is 5.69 Å². The van der Waals surface area contributed by atoms with Crippen molar-refractivity contribution in [2.24, 2.45) is 5.92 Å². The predicted molar refractivity (Wildman–Crippen MR) is 62.5 cm³/mol. The molecule has 0 aliphatic carbocycles. The van der Waals surface area contributed by atoms with Crippen molar-refractivity contribution >= 4 is 11.6 Å². The molecular weight excluding hydrogens is 204 g/mol. The monoisotopic (exact) mass is 218 g/mol. The molecule has 4 heteroatoms. The number of rotatable bonds is 2. The molecule has 1 unspecified atom stereocenters. The van der Waals surface area contributed by atoms with Crippen LogP contribution in [0.4, 0.5) is 5.69 Å². The lowest BCUT2D eigenvalue weighted by Crippen LogP contribution is -2.30. The first-order valence-electron chi connectivity index (χ1n) is 5.24. The highest BCUT2D eigenvalue weighted by Gasteiger charge is 2.30. The molecule has 1 saturated heterocycles. The Bertz CT molecular complexity index is 490. The van der Waals surface area contributed by atoms with Crippen molar-refractivity contribution in [3.05, 3.63) is 40.8 Å². The first-order valence-corrected chi connectivity index (χ1v) is 5.24. The van der Waals surface area contributed by atoms with Crippen LogP contribution in [0.1, 0.15) is 12.0 Å². The topological polar surface area (TPSA) is 53.2 Å². The van der Waals surface area contributed by atoms with Gasteiger partial charge in [-0.25, -0.2) is 0 Å². The van der Waals surface area contributed by atoms with Crippen molar-refractivity contribution in [3.63, 3.8) is 0 Å². The van der Waals surface area contributed by atoms with E-state index in [1.54, 1.807) is 18.3 Å². The van der Waals surface area contributed by atoms with Crippen LogP contribution in [0, 0.1) is 12.8 Å². The molecule has 4 nitrogen and oxygen atoms in total. The van der Waals surface area contributed by atoms with E-state index >= 15 is 0 Å². The maximum absolute atomic E-state index is 11.7. The number of amides is 1. The zero-order valence-electron chi connectivity index (χ0n) is 9.19. The number of aryl methyl sites for hydroxylation is 1. The fourth-order valence-electron chi connectivity index (χ4n) is 1.90. The molecule has 1 N–H and O–H groups in total. The number of aromatic nitrogens is 1. The molecule has 1 aliphatic heterocycles. The van der Waals surface area contributed by atoms with Crippen LogP contribution in [0.25, 0.3) is 0 Å². The zero-order chi connectivity index (χ0) is 11.7. The number of H-pyrrole nitrogens is 1. The van der Waals surface area contributed by atoms with E-state index in [-0.39, 0.29) is 17.4 Å². The highest BCUT2D eigenvalue weighted by molar-refractivity contribution is 5.95. The van der Waals surface area contributed by atoms with E-state index in [0.29, 0.717) is 18.7 Å². The molecule has 0 bridgehead atoms. The number of nitrogens with one attached hydrogen (secondary N) is 1. The van der Waals surface area contributed by atoms with Crippen LogP contribution >= 0.6 is 0 Å². The molecule has 0 radical (unpaired) electrons. The Labute approximate surface area is 93.6 Å². The average Bonchev–Trinajstić information content (AvgIpc) is 2.63. The molecular formula is C12H14N2O2. The van der Waals surface area contributed by atoms with Crippen molar-refractivity contribution < 1.29 is 4.79 Å². The van der Waals surface area contributed by atoms with Gasteiger partial charge in [-0.05, 0) is 18.6 Å². The number of aromatic amines is 1. The maximum atomic E-state index is 11.7. The minimum absolute atomic E-state index is 0.0130. The molecule has 0 spiro atoms. The molecule has 2 rings (SSSR count). The van der Waals surface area contributed by atoms with Crippen molar-refractivity contribution in [3.8, 4) is 0 Å². The molecule has 2 heterocycles. The normalized spacial score (nSPS) is 20.2. The molecule has 1 fully saturated rings. The van der Waals surface area contributed by atoms with Gasteiger partial charge >= 0.3 is 0 Å². The summed E-state index contributed by atoms with van der Waals surface area (Å²) in [6.45, 7) is 6.11. The fourth-order valence-corrected chi connectivity index (χ4v) is 1.90. The van der Waals surface area contributed by atoms with Gasteiger partial charge in [0.15, 0.2) is 0 Å². The van der Waals surface area contributed by atoms with Crippen LogP contribution in [-0.2, 0) is 4.79 Å². The second-order valence-electron chi connectivity index (χ2n) is 4.10. The van der Waals surface area contributed by atoms with Crippen LogP contribution in [0.3, 0.4) is 0 Å². The Morgan fingerprint density at radius 2 is 2.31 bits per heavy atom. The van der Waals surface area contributed by atoms with Crippen molar-refractivity contribution in [1.82, 2.24) is 4.98 Å². The van der Waals surface area contributed by atoms with Crippen molar-refractivity contribution in [2.45, 2.75) is 13.3 Å². The third-order valence-electron chi connectivity index (χ3n) is 2.81. The van der Waals surface area contributed by atoms with E-state index in [9.17, 15) is 9.59 Å². The number of carbonyl (C=O) groups excluding carboxylic acids is 1. The number of anilines is 1. The summed E-state index contributed by atoms with van der Waals surface area (Å²) in [6.07, 6.45) is 3.84. The lowest BCUT2D eigenvalue weighted by Gasteiger charge is -2.15. The predicted octanol–water partition coefficient (Wildman–Crippen LogP) is 1.22. The summed E-state index contributed by atoms with van der Waals surface area (Å²) >= 11 is 0. The smallest absolute Gasteiger partial charge is 0.271 e. The minimum atomic E-state index is -0.219. The van der Waals surface area contributed by atoms with Gasteiger partial charge in [0.25, 0.3) is 5.56 Å². The second-order valence-corrected chi connectivity index (χ2v) is 4.10. The summed E-state index contributed by atoms with van der Waals surface area (Å²) in [5, 5.41) is 0. The summed E-state index contributed by atoms with van der Waals surface area (Å²) < 4.78 is 0. The van der Waals surface area contributed by atoms with Crippen molar-refractivity contribution in [2.75, 3.05) is 11.4 Å². The number of hydrogen-bond acceptors (Lipinski definition) is 2. The van der Waals surface area contributed by atoms with Crippen LogP contribution in [0.5, 0.6) is 0 Å². The standard InChI is InChI=1S/C12H14N2O2/c1-3-9-5-11(15)14(7-9)10-4-8(2)6-13-12(10)16/h3-4,6,9H,1,5,7H2,2H3,(H,13,16). The highest BCUT2D eigenvalue weighted by Crippen LogP contribution is 2.23. The molecule has 1 atom stereocenters. The second kappa shape index (κ2) is 3.96. The van der Waals surface area contributed by atoms with Gasteiger partial charge < -0.3 is 9.88 Å². The van der Waals surface area contributed by atoms with Crippen LogP contribution < -0.4 is 10.5 Å². The van der Waals surface area contributed by atoms with Crippen LogP contribution in [0.2, 0.25) is 0 Å². The Balaban J connectivity index is 2.38. The molecule has 1 aliphatic rings. The van der Waals surface area contributed by atoms with E-state index in [2.05, 4.69) is 11.6 Å². The van der Waals surface area contributed by atoms with Gasteiger partial charge in [-0.15, -0.1) is 6.58 Å². The third kappa shape index (κ3) is 1.78. The molecule has 84 valence electrons. The number of hydrogen-bond donors (Lipinski definition) is 1. The summed E-state index contributed by atoms with van der Waals surface area (Å²) in [4.78, 5) is 27.5. The Morgan fingerprint density at radius 1 is 1.56 bits per heavy atom. The van der Waals surface area contributed by atoms with Gasteiger partial charge in [0.05, 0.1) is 0 Å². The van der Waals surface area contributed by atoms with Crippen LogP contribution in [0.15, 0.2) is 29.7 Å². The summed E-state index contributed by atoms with van der Waals surface area (Å²) in [5.74, 6) is 0.133. The molecule has 1 aromatic heterocycles. The first-order chi connectivity index (χ1) is 7.61. The molecule has 1 amide bonds. The lowest BCUT2D eigenvalue weighted by atomic mass is 10.1. The average molecular weight is 218 g/mol. The van der Waals surface area contributed by atoms with E-state index in [0.717, 1.165) is 5.56 Å². The van der Waals surface area contributed by atoms with E-state index in [4.69, 9.17) is 0 Å². The Hall–Kier alpha value is -1.84. The van der Waals surface area contributed by atoms with Crippen LogP contribution in [-0.4, -0.2) is 17.4 Å². The number of pyridine rings is 1. The quantitative estimate of drug-likeness (QED) is 0.759. The van der Waals surface area contributed by atoms with E-state index in [1.165, 1.54) is 4.90 Å². The fraction of sp³-hybridized carbons (Fsp3) is 0.333.